The van der Waals surface area contributed by atoms with Crippen LogP contribution >= 0.6 is 11.6 Å². The molecular weight excluding hydrogens is 427 g/mol. The lowest BCUT2D eigenvalue weighted by Gasteiger charge is -2.10. The molecule has 0 radical (unpaired) electrons. The third kappa shape index (κ3) is 4.75. The summed E-state index contributed by atoms with van der Waals surface area (Å²) in [6.07, 6.45) is -2.03. The zero-order valence-electron chi connectivity index (χ0n) is 16.2. The highest BCUT2D eigenvalue weighted by atomic mass is 35.5. The van der Waals surface area contributed by atoms with Gasteiger partial charge in [0, 0.05) is 22.7 Å². The van der Waals surface area contributed by atoms with Crippen molar-refractivity contribution in [3.8, 4) is 11.5 Å². The molecular formula is C24H17ClF3NO2. The number of nitrogens with one attached hydrogen (secondary N) is 1. The summed E-state index contributed by atoms with van der Waals surface area (Å²) in [5, 5.41) is 2.83. The third-order valence-corrected chi connectivity index (χ3v) is 5.01. The van der Waals surface area contributed by atoms with E-state index < -0.39 is 11.7 Å². The number of benzene rings is 3. The molecule has 1 N–H and O–H groups in total. The highest BCUT2D eigenvalue weighted by Crippen LogP contribution is 2.35. The van der Waals surface area contributed by atoms with Gasteiger partial charge in [-0.25, -0.2) is 0 Å². The Balaban J connectivity index is 1.62. The van der Waals surface area contributed by atoms with Crippen LogP contribution in [0, 0.1) is 0 Å². The van der Waals surface area contributed by atoms with Crippen molar-refractivity contribution in [1.82, 2.24) is 0 Å². The first kappa shape index (κ1) is 21.0. The maximum atomic E-state index is 12.9. The van der Waals surface area contributed by atoms with E-state index in [0.29, 0.717) is 29.2 Å². The van der Waals surface area contributed by atoms with Gasteiger partial charge < -0.3 is 10.1 Å². The smallest absolute Gasteiger partial charge is 0.416 e. The van der Waals surface area contributed by atoms with Crippen LogP contribution in [-0.4, -0.2) is 11.8 Å². The second-order valence-electron chi connectivity index (χ2n) is 7.03. The fraction of sp³-hybridized carbons (Fsp3) is 0.125. The Kier molecular flexibility index (Phi) is 5.74. The lowest BCUT2D eigenvalue weighted by molar-refractivity contribution is -0.137. The normalized spacial score (nSPS) is 14.5. The molecule has 0 unspecified atom stereocenters. The van der Waals surface area contributed by atoms with Gasteiger partial charge in [0.05, 0.1) is 5.56 Å². The molecule has 0 aliphatic carbocycles. The van der Waals surface area contributed by atoms with Gasteiger partial charge in [-0.15, -0.1) is 11.6 Å². The summed E-state index contributed by atoms with van der Waals surface area (Å²) in [6, 6.07) is 17.2. The summed E-state index contributed by atoms with van der Waals surface area (Å²) in [5.41, 5.74) is 2.95. The van der Waals surface area contributed by atoms with Gasteiger partial charge in [-0.3, -0.25) is 4.79 Å². The topological polar surface area (TPSA) is 38.3 Å². The van der Waals surface area contributed by atoms with Crippen LogP contribution in [0.5, 0.6) is 11.5 Å². The van der Waals surface area contributed by atoms with Gasteiger partial charge >= 0.3 is 6.18 Å². The minimum Gasteiger partial charge on any atom is -0.457 e. The molecule has 4 rings (SSSR count). The van der Waals surface area contributed by atoms with Crippen LogP contribution in [0.1, 0.15) is 22.3 Å². The van der Waals surface area contributed by atoms with Crippen molar-refractivity contribution in [2.45, 2.75) is 12.6 Å². The Morgan fingerprint density at radius 3 is 2.45 bits per heavy atom. The number of anilines is 1. The molecule has 0 saturated heterocycles. The standard InChI is InChI=1S/C24H17ClF3NO2/c25-10-9-15-7-8-22-20(12-15)21(23(30)29-22)13-16-3-1-5-18(11-16)31-19-6-2-4-17(14-19)24(26,27)28/h1-8,11-14H,9-10H2,(H,29,30). The second kappa shape index (κ2) is 8.47. The van der Waals surface area contributed by atoms with Gasteiger partial charge in [0.1, 0.15) is 11.5 Å². The van der Waals surface area contributed by atoms with E-state index in [1.165, 1.54) is 12.1 Å². The predicted octanol–water partition coefficient (Wildman–Crippen LogP) is 6.77. The van der Waals surface area contributed by atoms with Crippen molar-refractivity contribution in [2.75, 3.05) is 11.2 Å². The van der Waals surface area contributed by atoms with E-state index in [4.69, 9.17) is 16.3 Å². The number of amides is 1. The molecule has 1 aliphatic heterocycles. The van der Waals surface area contributed by atoms with E-state index in [-0.39, 0.29) is 11.7 Å². The van der Waals surface area contributed by atoms with Crippen LogP contribution in [0.3, 0.4) is 0 Å². The first-order valence-electron chi connectivity index (χ1n) is 9.51. The summed E-state index contributed by atoms with van der Waals surface area (Å²) in [7, 11) is 0. The average Bonchev–Trinajstić information content (AvgIpc) is 3.03. The first-order chi connectivity index (χ1) is 14.8. The Hall–Kier alpha value is -3.25. The number of hydrogen-bond donors (Lipinski definition) is 1. The highest BCUT2D eigenvalue weighted by molar-refractivity contribution is 6.35. The zero-order chi connectivity index (χ0) is 22.0. The SMILES string of the molecule is O=C1Nc2ccc(CCCl)cc2C1=Cc1cccc(Oc2cccc(C(F)(F)F)c2)c1. The maximum absolute atomic E-state index is 12.9. The van der Waals surface area contributed by atoms with Crippen molar-refractivity contribution >= 4 is 34.8 Å². The molecule has 0 aromatic heterocycles. The van der Waals surface area contributed by atoms with E-state index in [2.05, 4.69) is 5.32 Å². The Labute approximate surface area is 182 Å². The van der Waals surface area contributed by atoms with Gasteiger partial charge in [0.15, 0.2) is 0 Å². The van der Waals surface area contributed by atoms with E-state index >= 15 is 0 Å². The van der Waals surface area contributed by atoms with Crippen molar-refractivity contribution < 1.29 is 22.7 Å². The van der Waals surface area contributed by atoms with Crippen molar-refractivity contribution in [3.05, 3.63) is 89.0 Å². The average molecular weight is 444 g/mol. The highest BCUT2D eigenvalue weighted by Gasteiger charge is 2.30. The maximum Gasteiger partial charge on any atom is 0.416 e. The monoisotopic (exact) mass is 443 g/mol. The summed E-state index contributed by atoms with van der Waals surface area (Å²) in [6.45, 7) is 0. The summed E-state index contributed by atoms with van der Waals surface area (Å²) in [4.78, 5) is 12.5. The van der Waals surface area contributed by atoms with E-state index in [1.807, 2.05) is 18.2 Å². The summed E-state index contributed by atoms with van der Waals surface area (Å²) in [5.74, 6) is 0.702. The van der Waals surface area contributed by atoms with Crippen molar-refractivity contribution in [3.63, 3.8) is 0 Å². The van der Waals surface area contributed by atoms with Crippen LogP contribution in [0.2, 0.25) is 0 Å². The molecule has 7 heteroatoms. The molecule has 1 amide bonds. The lowest BCUT2D eigenvalue weighted by Crippen LogP contribution is -2.04. The van der Waals surface area contributed by atoms with E-state index in [1.54, 1.807) is 30.3 Å². The fourth-order valence-corrected chi connectivity index (χ4v) is 3.57. The summed E-state index contributed by atoms with van der Waals surface area (Å²) >= 11 is 5.83. The number of hydrogen-bond acceptors (Lipinski definition) is 2. The molecule has 1 heterocycles. The fourth-order valence-electron chi connectivity index (χ4n) is 3.35. The van der Waals surface area contributed by atoms with Crippen LogP contribution in [0.4, 0.5) is 18.9 Å². The largest absolute Gasteiger partial charge is 0.457 e. The number of halogens is 4. The quantitative estimate of drug-likeness (QED) is 0.349. The molecule has 31 heavy (non-hydrogen) atoms. The van der Waals surface area contributed by atoms with Crippen LogP contribution < -0.4 is 10.1 Å². The number of carbonyl (C=O) groups is 1. The Morgan fingerprint density at radius 2 is 1.71 bits per heavy atom. The molecule has 158 valence electrons. The zero-order valence-corrected chi connectivity index (χ0v) is 16.9. The van der Waals surface area contributed by atoms with Crippen LogP contribution in [0.15, 0.2) is 66.7 Å². The third-order valence-electron chi connectivity index (χ3n) is 4.82. The van der Waals surface area contributed by atoms with Crippen LogP contribution in [0.25, 0.3) is 11.6 Å². The molecule has 0 spiro atoms. The molecule has 0 bridgehead atoms. The Bertz CT molecular complexity index is 1170. The lowest BCUT2D eigenvalue weighted by atomic mass is 10.0. The molecule has 3 aromatic carbocycles. The molecule has 0 saturated carbocycles. The van der Waals surface area contributed by atoms with E-state index in [0.717, 1.165) is 28.9 Å². The number of rotatable bonds is 5. The van der Waals surface area contributed by atoms with Gasteiger partial charge in [0.2, 0.25) is 0 Å². The van der Waals surface area contributed by atoms with Gasteiger partial charge in [-0.1, -0.05) is 24.3 Å². The van der Waals surface area contributed by atoms with Gasteiger partial charge in [-0.05, 0) is 66.1 Å². The molecule has 0 fully saturated rings. The van der Waals surface area contributed by atoms with Gasteiger partial charge in [0.25, 0.3) is 5.91 Å². The van der Waals surface area contributed by atoms with E-state index in [9.17, 15) is 18.0 Å². The first-order valence-corrected chi connectivity index (χ1v) is 10.0. The minimum atomic E-state index is -4.45. The predicted molar refractivity (Wildman–Crippen MR) is 115 cm³/mol. The molecule has 3 nitrogen and oxygen atoms in total. The summed E-state index contributed by atoms with van der Waals surface area (Å²) < 4.78 is 44.4. The van der Waals surface area contributed by atoms with Crippen LogP contribution in [-0.2, 0) is 17.4 Å². The second-order valence-corrected chi connectivity index (χ2v) is 7.41. The number of carbonyl (C=O) groups excluding carboxylic acids is 1. The molecule has 3 aromatic rings. The minimum absolute atomic E-state index is 0.0781. The Morgan fingerprint density at radius 1 is 0.968 bits per heavy atom. The molecule has 0 atom stereocenters. The van der Waals surface area contributed by atoms with Gasteiger partial charge in [-0.2, -0.15) is 13.2 Å². The molecule has 1 aliphatic rings. The number of aryl methyl sites for hydroxylation is 1. The van der Waals surface area contributed by atoms with Crippen molar-refractivity contribution in [2.24, 2.45) is 0 Å². The van der Waals surface area contributed by atoms with Crippen molar-refractivity contribution in [1.29, 1.82) is 0 Å². The number of alkyl halides is 4. The number of ether oxygens (including phenoxy) is 1. The number of fused-ring (bicyclic) bond motifs is 1.